The van der Waals surface area contributed by atoms with E-state index in [1.165, 1.54) is 45.1 Å². The first-order valence-electron chi connectivity index (χ1n) is 6.65. The first-order chi connectivity index (χ1) is 7.33. The van der Waals surface area contributed by atoms with Gasteiger partial charge in [0, 0.05) is 6.61 Å². The topological polar surface area (TPSA) is 21.3 Å². The Morgan fingerprint density at radius 1 is 1.47 bits per heavy atom. The van der Waals surface area contributed by atoms with Crippen LogP contribution in [0.3, 0.4) is 0 Å². The van der Waals surface area contributed by atoms with Crippen LogP contribution in [-0.4, -0.2) is 25.8 Å². The third-order valence-electron chi connectivity index (χ3n) is 3.17. The predicted molar refractivity (Wildman–Crippen MR) is 65.1 cm³/mol. The summed E-state index contributed by atoms with van der Waals surface area (Å²) in [5.74, 6) is 0.818. The molecule has 0 amide bonds. The molecule has 2 unspecified atom stereocenters. The van der Waals surface area contributed by atoms with Crippen LogP contribution in [0.25, 0.3) is 0 Å². The van der Waals surface area contributed by atoms with E-state index in [0.29, 0.717) is 6.10 Å². The van der Waals surface area contributed by atoms with E-state index in [-0.39, 0.29) is 0 Å². The Morgan fingerprint density at radius 2 is 2.33 bits per heavy atom. The lowest BCUT2D eigenvalue weighted by molar-refractivity contribution is 0.101. The molecule has 1 rings (SSSR count). The van der Waals surface area contributed by atoms with E-state index in [0.717, 1.165) is 19.1 Å². The lowest BCUT2D eigenvalue weighted by atomic mass is 10.0. The summed E-state index contributed by atoms with van der Waals surface area (Å²) in [5.41, 5.74) is 0. The van der Waals surface area contributed by atoms with Crippen LogP contribution >= 0.6 is 0 Å². The summed E-state index contributed by atoms with van der Waals surface area (Å²) in [4.78, 5) is 0. The van der Waals surface area contributed by atoms with Gasteiger partial charge in [-0.15, -0.1) is 0 Å². The highest BCUT2D eigenvalue weighted by atomic mass is 16.5. The number of hydrogen-bond donors (Lipinski definition) is 1. The minimum atomic E-state index is 0.584. The molecule has 1 N–H and O–H groups in total. The maximum absolute atomic E-state index is 5.62. The Balaban J connectivity index is 1.89. The van der Waals surface area contributed by atoms with E-state index in [4.69, 9.17) is 4.74 Å². The van der Waals surface area contributed by atoms with Gasteiger partial charge in [-0.2, -0.15) is 0 Å². The molecular weight excluding hydrogens is 186 g/mol. The van der Waals surface area contributed by atoms with Crippen molar-refractivity contribution in [3.8, 4) is 0 Å². The Morgan fingerprint density at radius 3 is 3.00 bits per heavy atom. The van der Waals surface area contributed by atoms with E-state index in [2.05, 4.69) is 19.2 Å². The Labute approximate surface area is 94.8 Å². The van der Waals surface area contributed by atoms with Crippen LogP contribution in [0.4, 0.5) is 0 Å². The van der Waals surface area contributed by atoms with Crippen molar-refractivity contribution in [3.63, 3.8) is 0 Å². The van der Waals surface area contributed by atoms with Gasteiger partial charge in [-0.3, -0.25) is 0 Å². The second-order valence-corrected chi connectivity index (χ2v) is 4.88. The van der Waals surface area contributed by atoms with Gasteiger partial charge in [0.1, 0.15) is 0 Å². The third-order valence-corrected chi connectivity index (χ3v) is 3.17. The van der Waals surface area contributed by atoms with Gasteiger partial charge in [0.25, 0.3) is 0 Å². The van der Waals surface area contributed by atoms with Gasteiger partial charge in [-0.1, -0.05) is 20.3 Å². The zero-order valence-corrected chi connectivity index (χ0v) is 10.4. The minimum absolute atomic E-state index is 0.584. The molecule has 1 aliphatic heterocycles. The van der Waals surface area contributed by atoms with E-state index in [1.807, 2.05) is 0 Å². The van der Waals surface area contributed by atoms with Crippen molar-refractivity contribution in [1.82, 2.24) is 5.32 Å². The van der Waals surface area contributed by atoms with Crippen molar-refractivity contribution in [2.75, 3.05) is 19.7 Å². The van der Waals surface area contributed by atoms with Crippen molar-refractivity contribution in [1.29, 1.82) is 0 Å². The molecule has 0 bridgehead atoms. The highest BCUT2D eigenvalue weighted by molar-refractivity contribution is 4.66. The van der Waals surface area contributed by atoms with Gasteiger partial charge in [0.2, 0.25) is 0 Å². The largest absolute Gasteiger partial charge is 0.378 e. The van der Waals surface area contributed by atoms with Gasteiger partial charge in [-0.25, -0.2) is 0 Å². The highest BCUT2D eigenvalue weighted by Crippen LogP contribution is 2.19. The summed E-state index contributed by atoms with van der Waals surface area (Å²) in [7, 11) is 0. The van der Waals surface area contributed by atoms with Crippen molar-refractivity contribution >= 4 is 0 Å². The Kier molecular flexibility index (Phi) is 7.03. The van der Waals surface area contributed by atoms with Crippen LogP contribution in [0.2, 0.25) is 0 Å². The van der Waals surface area contributed by atoms with E-state index >= 15 is 0 Å². The van der Waals surface area contributed by atoms with Crippen molar-refractivity contribution < 1.29 is 4.74 Å². The molecule has 1 aliphatic rings. The summed E-state index contributed by atoms with van der Waals surface area (Å²) >= 11 is 0. The fraction of sp³-hybridized carbons (Fsp3) is 1.00. The summed E-state index contributed by atoms with van der Waals surface area (Å²) in [5, 5.41) is 3.48. The molecule has 0 radical (unpaired) electrons. The molecule has 0 aromatic carbocycles. The number of hydrogen-bond acceptors (Lipinski definition) is 2. The molecule has 0 saturated carbocycles. The molecule has 15 heavy (non-hydrogen) atoms. The summed E-state index contributed by atoms with van der Waals surface area (Å²) in [6, 6.07) is 0. The van der Waals surface area contributed by atoms with Crippen LogP contribution in [-0.2, 0) is 4.74 Å². The molecule has 0 aromatic heterocycles. The molecule has 1 saturated heterocycles. The van der Waals surface area contributed by atoms with Crippen LogP contribution < -0.4 is 5.32 Å². The minimum Gasteiger partial charge on any atom is -0.378 e. The fourth-order valence-corrected chi connectivity index (χ4v) is 2.19. The molecule has 1 fully saturated rings. The zero-order valence-electron chi connectivity index (χ0n) is 10.4. The number of nitrogens with one attached hydrogen (secondary N) is 1. The average Bonchev–Trinajstić information content (AvgIpc) is 2.71. The maximum Gasteiger partial charge on any atom is 0.0576 e. The molecule has 2 atom stereocenters. The van der Waals surface area contributed by atoms with Gasteiger partial charge in [0.15, 0.2) is 0 Å². The number of rotatable bonds is 8. The third kappa shape index (κ3) is 6.16. The standard InChI is InChI=1S/C13H27NO/c1-3-9-14-11-12(2)6-4-7-13-8-5-10-15-13/h12-14H,3-11H2,1-2H3. The summed E-state index contributed by atoms with van der Waals surface area (Å²) < 4.78 is 5.62. The molecule has 2 heteroatoms. The molecule has 2 nitrogen and oxygen atoms in total. The summed E-state index contributed by atoms with van der Waals surface area (Å²) in [6.45, 7) is 7.90. The van der Waals surface area contributed by atoms with E-state index in [1.54, 1.807) is 0 Å². The molecular formula is C13H27NO. The quantitative estimate of drug-likeness (QED) is 0.626. The van der Waals surface area contributed by atoms with Crippen LogP contribution in [0.1, 0.15) is 52.4 Å². The normalized spacial score (nSPS) is 23.2. The molecule has 0 aliphatic carbocycles. The van der Waals surface area contributed by atoms with Crippen LogP contribution in [0.15, 0.2) is 0 Å². The molecule has 0 aromatic rings. The second-order valence-electron chi connectivity index (χ2n) is 4.88. The van der Waals surface area contributed by atoms with Crippen molar-refractivity contribution in [2.45, 2.75) is 58.5 Å². The first-order valence-corrected chi connectivity index (χ1v) is 6.65. The first kappa shape index (κ1) is 13.0. The number of ether oxygens (including phenoxy) is 1. The highest BCUT2D eigenvalue weighted by Gasteiger charge is 2.14. The lowest BCUT2D eigenvalue weighted by Crippen LogP contribution is -2.22. The lowest BCUT2D eigenvalue weighted by Gasteiger charge is -2.13. The monoisotopic (exact) mass is 213 g/mol. The molecule has 0 spiro atoms. The SMILES string of the molecule is CCCNCC(C)CCCC1CCCO1. The second kappa shape index (κ2) is 8.12. The molecule has 90 valence electrons. The van der Waals surface area contributed by atoms with Gasteiger partial charge < -0.3 is 10.1 Å². The van der Waals surface area contributed by atoms with Gasteiger partial charge in [0.05, 0.1) is 6.10 Å². The zero-order chi connectivity index (χ0) is 10.9. The van der Waals surface area contributed by atoms with Crippen LogP contribution in [0.5, 0.6) is 0 Å². The predicted octanol–water partition coefficient (Wildman–Crippen LogP) is 2.97. The maximum atomic E-state index is 5.62. The Bertz CT molecular complexity index is 143. The van der Waals surface area contributed by atoms with E-state index in [9.17, 15) is 0 Å². The molecule has 1 heterocycles. The van der Waals surface area contributed by atoms with Crippen molar-refractivity contribution in [2.24, 2.45) is 5.92 Å². The summed E-state index contributed by atoms with van der Waals surface area (Å²) in [6.07, 6.45) is 8.35. The van der Waals surface area contributed by atoms with Crippen LogP contribution in [0, 0.1) is 5.92 Å². The smallest absolute Gasteiger partial charge is 0.0576 e. The fourth-order valence-electron chi connectivity index (χ4n) is 2.19. The average molecular weight is 213 g/mol. The van der Waals surface area contributed by atoms with Gasteiger partial charge in [-0.05, 0) is 51.1 Å². The van der Waals surface area contributed by atoms with Gasteiger partial charge >= 0.3 is 0 Å². The van der Waals surface area contributed by atoms with Crippen molar-refractivity contribution in [3.05, 3.63) is 0 Å². The Hall–Kier alpha value is -0.0800. The van der Waals surface area contributed by atoms with E-state index < -0.39 is 0 Å².